The minimum absolute atomic E-state index is 0.204. The van der Waals surface area contributed by atoms with Gasteiger partial charge in [-0.05, 0) is 31.9 Å². The molecule has 2 rings (SSSR count). The van der Waals surface area contributed by atoms with Crippen LogP contribution in [0.15, 0.2) is 18.2 Å². The Balaban J connectivity index is 1.97. The molecule has 112 valence electrons. The first kappa shape index (κ1) is 15.6. The highest BCUT2D eigenvalue weighted by atomic mass is 35.5. The molecule has 1 saturated heterocycles. The molecule has 3 nitrogen and oxygen atoms in total. The molecule has 0 amide bonds. The maximum Gasteiger partial charge on any atom is 0.125 e. The molecule has 20 heavy (non-hydrogen) atoms. The van der Waals surface area contributed by atoms with Crippen molar-refractivity contribution in [1.29, 1.82) is 0 Å². The average molecular weight is 298 g/mol. The normalized spacial score (nSPS) is 22.4. The molecule has 0 bridgehead atoms. The first-order chi connectivity index (χ1) is 9.56. The van der Waals surface area contributed by atoms with Gasteiger partial charge in [-0.1, -0.05) is 31.5 Å². The standard InChI is InChI=1S/C16H24ClNO2/c1-11(2)18-9-14-15(17)5-4-6-16(14)19-10-13-8-7-12(3)20-13/h4-6,11-13,18H,7-10H2,1-3H3. The zero-order chi connectivity index (χ0) is 14.5. The maximum absolute atomic E-state index is 6.28. The van der Waals surface area contributed by atoms with Gasteiger partial charge in [0.1, 0.15) is 12.4 Å². The fourth-order valence-corrected chi connectivity index (χ4v) is 2.58. The van der Waals surface area contributed by atoms with Crippen LogP contribution < -0.4 is 10.1 Å². The summed E-state index contributed by atoms with van der Waals surface area (Å²) in [4.78, 5) is 0. The van der Waals surface area contributed by atoms with Gasteiger partial charge in [-0.25, -0.2) is 0 Å². The first-order valence-electron chi connectivity index (χ1n) is 7.35. The molecular formula is C16H24ClNO2. The molecule has 2 atom stereocenters. The molecule has 0 saturated carbocycles. The summed E-state index contributed by atoms with van der Waals surface area (Å²) in [5.74, 6) is 0.855. The van der Waals surface area contributed by atoms with E-state index in [-0.39, 0.29) is 6.10 Å². The van der Waals surface area contributed by atoms with Gasteiger partial charge in [-0.2, -0.15) is 0 Å². The Morgan fingerprint density at radius 2 is 2.20 bits per heavy atom. The van der Waals surface area contributed by atoms with Gasteiger partial charge in [-0.3, -0.25) is 0 Å². The van der Waals surface area contributed by atoms with Gasteiger partial charge in [0.15, 0.2) is 0 Å². The highest BCUT2D eigenvalue weighted by Crippen LogP contribution is 2.28. The number of ether oxygens (including phenoxy) is 2. The quantitative estimate of drug-likeness (QED) is 0.867. The first-order valence-corrected chi connectivity index (χ1v) is 7.73. The van der Waals surface area contributed by atoms with Gasteiger partial charge < -0.3 is 14.8 Å². The topological polar surface area (TPSA) is 30.5 Å². The molecule has 1 fully saturated rings. The largest absolute Gasteiger partial charge is 0.490 e. The van der Waals surface area contributed by atoms with E-state index >= 15 is 0 Å². The van der Waals surface area contributed by atoms with E-state index in [0.717, 1.165) is 29.2 Å². The monoisotopic (exact) mass is 297 g/mol. The second-order valence-corrected chi connectivity index (χ2v) is 6.12. The summed E-state index contributed by atoms with van der Waals surface area (Å²) in [6.45, 7) is 7.65. The second-order valence-electron chi connectivity index (χ2n) is 5.71. The summed E-state index contributed by atoms with van der Waals surface area (Å²) in [5.41, 5.74) is 1.02. The highest BCUT2D eigenvalue weighted by molar-refractivity contribution is 6.31. The Hall–Kier alpha value is -0.770. The molecule has 0 spiro atoms. The molecule has 0 aromatic heterocycles. The lowest BCUT2D eigenvalue weighted by Gasteiger charge is -2.17. The molecule has 1 aliphatic heterocycles. The molecule has 1 heterocycles. The second kappa shape index (κ2) is 7.30. The number of rotatable bonds is 6. The SMILES string of the molecule is CC(C)NCc1c(Cl)cccc1OCC1CCC(C)O1. The number of halogens is 1. The van der Waals surface area contributed by atoms with Crippen molar-refractivity contribution in [2.24, 2.45) is 0 Å². The van der Waals surface area contributed by atoms with Crippen LogP contribution in [-0.4, -0.2) is 24.9 Å². The third-order valence-corrected chi connectivity index (χ3v) is 3.86. The summed E-state index contributed by atoms with van der Waals surface area (Å²) in [5, 5.41) is 4.13. The van der Waals surface area contributed by atoms with Crippen molar-refractivity contribution < 1.29 is 9.47 Å². The molecule has 4 heteroatoms. The van der Waals surface area contributed by atoms with E-state index in [1.54, 1.807) is 0 Å². The van der Waals surface area contributed by atoms with Crippen molar-refractivity contribution in [2.75, 3.05) is 6.61 Å². The fourth-order valence-electron chi connectivity index (χ4n) is 2.34. The van der Waals surface area contributed by atoms with Crippen molar-refractivity contribution >= 4 is 11.6 Å². The van der Waals surface area contributed by atoms with Crippen LogP contribution in [-0.2, 0) is 11.3 Å². The van der Waals surface area contributed by atoms with Crippen LogP contribution in [0.5, 0.6) is 5.75 Å². The third kappa shape index (κ3) is 4.37. The van der Waals surface area contributed by atoms with Crippen molar-refractivity contribution in [3.63, 3.8) is 0 Å². The van der Waals surface area contributed by atoms with E-state index in [1.807, 2.05) is 18.2 Å². The lowest BCUT2D eigenvalue weighted by molar-refractivity contribution is 0.0262. The Bertz CT molecular complexity index is 436. The van der Waals surface area contributed by atoms with Crippen LogP contribution >= 0.6 is 11.6 Å². The molecule has 1 aromatic rings. The van der Waals surface area contributed by atoms with Gasteiger partial charge in [0.05, 0.1) is 12.2 Å². The van der Waals surface area contributed by atoms with Crippen LogP contribution in [0.2, 0.25) is 5.02 Å². The minimum Gasteiger partial charge on any atom is -0.490 e. The summed E-state index contributed by atoms with van der Waals surface area (Å²) in [6, 6.07) is 6.22. The molecule has 1 aliphatic rings. The number of nitrogens with one attached hydrogen (secondary N) is 1. The third-order valence-electron chi connectivity index (χ3n) is 3.51. The van der Waals surface area contributed by atoms with Crippen LogP contribution in [0, 0.1) is 0 Å². The zero-order valence-corrected chi connectivity index (χ0v) is 13.2. The van der Waals surface area contributed by atoms with Gasteiger partial charge in [0.25, 0.3) is 0 Å². The molecule has 0 radical (unpaired) electrons. The van der Waals surface area contributed by atoms with Crippen LogP contribution in [0.1, 0.15) is 39.2 Å². The summed E-state index contributed by atoms with van der Waals surface area (Å²) < 4.78 is 11.7. The summed E-state index contributed by atoms with van der Waals surface area (Å²) in [7, 11) is 0. The molecule has 1 aromatic carbocycles. The predicted molar refractivity (Wildman–Crippen MR) is 82.5 cm³/mol. The van der Waals surface area contributed by atoms with Gasteiger partial charge in [0.2, 0.25) is 0 Å². The van der Waals surface area contributed by atoms with Crippen LogP contribution in [0.3, 0.4) is 0 Å². The molecule has 1 N–H and O–H groups in total. The van der Waals surface area contributed by atoms with E-state index in [2.05, 4.69) is 26.1 Å². The summed E-state index contributed by atoms with van der Waals surface area (Å²) in [6.07, 6.45) is 2.74. The van der Waals surface area contributed by atoms with Crippen molar-refractivity contribution in [2.45, 2.75) is 58.4 Å². The van der Waals surface area contributed by atoms with Crippen molar-refractivity contribution in [3.8, 4) is 5.75 Å². The minimum atomic E-state index is 0.204. The van der Waals surface area contributed by atoms with Crippen LogP contribution in [0.4, 0.5) is 0 Å². The van der Waals surface area contributed by atoms with Gasteiger partial charge in [-0.15, -0.1) is 0 Å². The predicted octanol–water partition coefficient (Wildman–Crippen LogP) is 3.78. The number of hydrogen-bond acceptors (Lipinski definition) is 3. The molecule has 0 aliphatic carbocycles. The molecular weight excluding hydrogens is 274 g/mol. The van der Waals surface area contributed by atoms with E-state index in [9.17, 15) is 0 Å². The fraction of sp³-hybridized carbons (Fsp3) is 0.625. The van der Waals surface area contributed by atoms with Crippen LogP contribution in [0.25, 0.3) is 0 Å². The van der Waals surface area contributed by atoms with E-state index < -0.39 is 0 Å². The average Bonchev–Trinajstić information content (AvgIpc) is 2.81. The lowest BCUT2D eigenvalue weighted by Crippen LogP contribution is -2.23. The Labute approximate surface area is 126 Å². The van der Waals surface area contributed by atoms with Gasteiger partial charge >= 0.3 is 0 Å². The number of hydrogen-bond donors (Lipinski definition) is 1. The van der Waals surface area contributed by atoms with E-state index in [1.165, 1.54) is 0 Å². The highest BCUT2D eigenvalue weighted by Gasteiger charge is 2.22. The Kier molecular flexibility index (Phi) is 5.70. The molecule has 2 unspecified atom stereocenters. The van der Waals surface area contributed by atoms with E-state index in [4.69, 9.17) is 21.1 Å². The van der Waals surface area contributed by atoms with E-state index in [0.29, 0.717) is 25.3 Å². The zero-order valence-electron chi connectivity index (χ0n) is 12.5. The Morgan fingerprint density at radius 3 is 2.85 bits per heavy atom. The Morgan fingerprint density at radius 1 is 1.40 bits per heavy atom. The van der Waals surface area contributed by atoms with Crippen molar-refractivity contribution in [1.82, 2.24) is 5.32 Å². The van der Waals surface area contributed by atoms with Gasteiger partial charge in [0, 0.05) is 23.2 Å². The maximum atomic E-state index is 6.28. The number of benzene rings is 1. The van der Waals surface area contributed by atoms with Crippen molar-refractivity contribution in [3.05, 3.63) is 28.8 Å². The smallest absolute Gasteiger partial charge is 0.125 e. The summed E-state index contributed by atoms with van der Waals surface area (Å²) >= 11 is 6.28. The lowest BCUT2D eigenvalue weighted by atomic mass is 10.2.